The molecule has 2 rings (SSSR count). The van der Waals surface area contributed by atoms with Crippen molar-refractivity contribution in [1.29, 1.82) is 0 Å². The molecule has 8 heteroatoms. The minimum atomic E-state index is -3.68. The highest BCUT2D eigenvalue weighted by molar-refractivity contribution is 7.89. The molecule has 2 N–H and O–H groups in total. The van der Waals surface area contributed by atoms with Gasteiger partial charge in [-0.15, -0.1) is 0 Å². The Morgan fingerprint density at radius 1 is 1.08 bits per heavy atom. The van der Waals surface area contributed by atoms with Gasteiger partial charge in [0.2, 0.25) is 15.9 Å². The van der Waals surface area contributed by atoms with Crippen molar-refractivity contribution in [1.82, 2.24) is 10.0 Å². The van der Waals surface area contributed by atoms with Gasteiger partial charge in [0.05, 0.1) is 4.90 Å². The minimum absolute atomic E-state index is 0.0419. The summed E-state index contributed by atoms with van der Waals surface area (Å²) in [5.41, 5.74) is 0.472. The van der Waals surface area contributed by atoms with E-state index in [-0.39, 0.29) is 42.6 Å². The number of carbonyl (C=O) groups excluding carboxylic acids is 1. The lowest BCUT2D eigenvalue weighted by Gasteiger charge is -2.08. The van der Waals surface area contributed by atoms with E-state index in [9.17, 15) is 17.6 Å². The first kappa shape index (κ1) is 19.4. The van der Waals surface area contributed by atoms with Crippen LogP contribution in [0.3, 0.4) is 0 Å². The third kappa shape index (κ3) is 6.12. The standard InChI is InChI=1S/C17H18ClFN2O3S/c18-14-5-3-6-15(12-14)25(23,24)21-11-10-20-17(22)9-8-13-4-1-2-7-16(13)19/h1-7,12,21H,8-11H2,(H,20,22). The van der Waals surface area contributed by atoms with Crippen LogP contribution in [0.2, 0.25) is 5.02 Å². The van der Waals surface area contributed by atoms with Crippen molar-refractivity contribution >= 4 is 27.5 Å². The summed E-state index contributed by atoms with van der Waals surface area (Å²) in [4.78, 5) is 11.8. The smallest absolute Gasteiger partial charge is 0.240 e. The molecule has 25 heavy (non-hydrogen) atoms. The molecule has 0 fully saturated rings. The number of halogens is 2. The summed E-state index contributed by atoms with van der Waals surface area (Å²) in [6, 6.07) is 12.2. The van der Waals surface area contributed by atoms with Crippen molar-refractivity contribution in [3.05, 3.63) is 64.9 Å². The Labute approximate surface area is 151 Å². The third-order valence-corrected chi connectivity index (χ3v) is 5.12. The first-order valence-corrected chi connectivity index (χ1v) is 9.50. The van der Waals surface area contributed by atoms with Gasteiger partial charge in [0, 0.05) is 24.5 Å². The predicted octanol–water partition coefficient (Wildman–Crippen LogP) is 2.51. The largest absolute Gasteiger partial charge is 0.355 e. The Balaban J connectivity index is 1.73. The minimum Gasteiger partial charge on any atom is -0.355 e. The van der Waals surface area contributed by atoms with E-state index >= 15 is 0 Å². The molecule has 0 heterocycles. The summed E-state index contributed by atoms with van der Waals surface area (Å²) in [5, 5.41) is 2.92. The van der Waals surface area contributed by atoms with Crippen LogP contribution in [0.25, 0.3) is 0 Å². The van der Waals surface area contributed by atoms with Gasteiger partial charge in [-0.25, -0.2) is 17.5 Å². The molecule has 0 saturated heterocycles. The highest BCUT2D eigenvalue weighted by Gasteiger charge is 2.13. The third-order valence-electron chi connectivity index (χ3n) is 3.42. The van der Waals surface area contributed by atoms with Crippen LogP contribution < -0.4 is 10.0 Å². The van der Waals surface area contributed by atoms with E-state index in [2.05, 4.69) is 10.0 Å². The lowest BCUT2D eigenvalue weighted by molar-refractivity contribution is -0.121. The molecule has 134 valence electrons. The number of carbonyl (C=O) groups is 1. The Morgan fingerprint density at radius 3 is 2.56 bits per heavy atom. The SMILES string of the molecule is O=C(CCc1ccccc1F)NCCNS(=O)(=O)c1cccc(Cl)c1. The molecule has 0 aliphatic rings. The zero-order valence-electron chi connectivity index (χ0n) is 13.3. The summed E-state index contributed by atoms with van der Waals surface area (Å²) in [5.74, 6) is -0.616. The first-order chi connectivity index (χ1) is 11.9. The number of benzene rings is 2. The molecule has 1 amide bonds. The first-order valence-electron chi connectivity index (χ1n) is 7.64. The molecule has 0 aliphatic heterocycles. The van der Waals surface area contributed by atoms with Crippen LogP contribution in [0.5, 0.6) is 0 Å². The lowest BCUT2D eigenvalue weighted by Crippen LogP contribution is -2.34. The van der Waals surface area contributed by atoms with Crippen LogP contribution >= 0.6 is 11.6 Å². The van der Waals surface area contributed by atoms with Gasteiger partial charge in [0.15, 0.2) is 0 Å². The lowest BCUT2D eigenvalue weighted by atomic mass is 10.1. The number of hydrogen-bond donors (Lipinski definition) is 2. The topological polar surface area (TPSA) is 75.3 Å². The van der Waals surface area contributed by atoms with Crippen LogP contribution in [-0.2, 0) is 21.2 Å². The fourth-order valence-electron chi connectivity index (χ4n) is 2.14. The molecule has 0 saturated carbocycles. The van der Waals surface area contributed by atoms with E-state index in [4.69, 9.17) is 11.6 Å². The fourth-order valence-corrected chi connectivity index (χ4v) is 3.47. The van der Waals surface area contributed by atoms with Crippen LogP contribution in [-0.4, -0.2) is 27.4 Å². The van der Waals surface area contributed by atoms with Gasteiger partial charge in [-0.1, -0.05) is 35.9 Å². The summed E-state index contributed by atoms with van der Waals surface area (Å²) in [7, 11) is -3.68. The predicted molar refractivity (Wildman–Crippen MR) is 94.4 cm³/mol. The average molecular weight is 385 g/mol. The summed E-state index contributed by atoms with van der Waals surface area (Å²) >= 11 is 5.77. The van der Waals surface area contributed by atoms with Gasteiger partial charge in [-0.3, -0.25) is 4.79 Å². The highest BCUT2D eigenvalue weighted by atomic mass is 35.5. The van der Waals surface area contributed by atoms with E-state index in [1.54, 1.807) is 30.3 Å². The van der Waals surface area contributed by atoms with Crippen molar-refractivity contribution in [2.45, 2.75) is 17.7 Å². The van der Waals surface area contributed by atoms with E-state index in [0.29, 0.717) is 10.6 Å². The Kier molecular flexibility index (Phi) is 6.92. The van der Waals surface area contributed by atoms with E-state index < -0.39 is 10.0 Å². The van der Waals surface area contributed by atoms with Gasteiger partial charge < -0.3 is 5.32 Å². The Morgan fingerprint density at radius 2 is 1.84 bits per heavy atom. The quantitative estimate of drug-likeness (QED) is 0.687. The maximum absolute atomic E-state index is 13.4. The van der Waals surface area contributed by atoms with Gasteiger partial charge >= 0.3 is 0 Å². The number of aryl methyl sites for hydroxylation is 1. The zero-order chi connectivity index (χ0) is 18.3. The zero-order valence-corrected chi connectivity index (χ0v) is 14.9. The molecule has 0 unspecified atom stereocenters. The number of hydrogen-bond acceptors (Lipinski definition) is 3. The highest BCUT2D eigenvalue weighted by Crippen LogP contribution is 2.14. The van der Waals surface area contributed by atoms with Crippen LogP contribution in [0, 0.1) is 5.82 Å². The second kappa shape index (κ2) is 8.94. The second-order valence-corrected chi connectivity index (χ2v) is 7.50. The van der Waals surface area contributed by atoms with E-state index in [1.165, 1.54) is 18.2 Å². The summed E-state index contributed by atoms with van der Waals surface area (Å²) in [6.45, 7) is 0.177. The van der Waals surface area contributed by atoms with Crippen molar-refractivity contribution < 1.29 is 17.6 Å². The summed E-state index contributed by atoms with van der Waals surface area (Å²) in [6.07, 6.45) is 0.411. The normalized spacial score (nSPS) is 11.3. The Hall–Kier alpha value is -1.96. The molecule has 0 spiro atoms. The molecular weight excluding hydrogens is 367 g/mol. The molecule has 0 atom stereocenters. The molecule has 0 bridgehead atoms. The summed E-state index contributed by atoms with van der Waals surface area (Å²) < 4.78 is 39.9. The number of rotatable bonds is 8. The van der Waals surface area contributed by atoms with Crippen LogP contribution in [0.15, 0.2) is 53.4 Å². The molecular formula is C17H18ClFN2O3S. The molecule has 2 aromatic carbocycles. The van der Waals surface area contributed by atoms with Gasteiger partial charge in [0.25, 0.3) is 0 Å². The van der Waals surface area contributed by atoms with Crippen LogP contribution in [0.1, 0.15) is 12.0 Å². The number of amides is 1. The van der Waals surface area contributed by atoms with E-state index in [1.807, 2.05) is 0 Å². The molecule has 5 nitrogen and oxygen atoms in total. The monoisotopic (exact) mass is 384 g/mol. The van der Waals surface area contributed by atoms with Crippen molar-refractivity contribution in [3.63, 3.8) is 0 Å². The number of sulfonamides is 1. The van der Waals surface area contributed by atoms with E-state index in [0.717, 1.165) is 0 Å². The molecule has 0 aliphatic carbocycles. The molecule has 0 aromatic heterocycles. The maximum atomic E-state index is 13.4. The van der Waals surface area contributed by atoms with Crippen LogP contribution in [0.4, 0.5) is 4.39 Å². The Bertz CT molecular complexity index is 843. The van der Waals surface area contributed by atoms with Crippen molar-refractivity contribution in [2.24, 2.45) is 0 Å². The molecule has 2 aromatic rings. The maximum Gasteiger partial charge on any atom is 0.240 e. The van der Waals surface area contributed by atoms with Gasteiger partial charge in [0.1, 0.15) is 5.82 Å². The fraction of sp³-hybridized carbons (Fsp3) is 0.235. The van der Waals surface area contributed by atoms with Gasteiger partial charge in [-0.05, 0) is 36.2 Å². The van der Waals surface area contributed by atoms with Gasteiger partial charge in [-0.2, -0.15) is 0 Å². The van der Waals surface area contributed by atoms with Crippen molar-refractivity contribution in [3.8, 4) is 0 Å². The average Bonchev–Trinajstić information content (AvgIpc) is 2.58. The second-order valence-electron chi connectivity index (χ2n) is 5.30. The molecule has 0 radical (unpaired) electrons. The van der Waals surface area contributed by atoms with Crippen molar-refractivity contribution in [2.75, 3.05) is 13.1 Å². The number of nitrogens with one attached hydrogen (secondary N) is 2.